The number of carbonyl (C=O) groups excluding carboxylic acids is 3. The van der Waals surface area contributed by atoms with E-state index in [1.165, 1.54) is 25.7 Å². The Hall–Kier alpha value is -4.31. The number of carboxylic acid groups (broad SMARTS) is 1. The van der Waals surface area contributed by atoms with Gasteiger partial charge in [-0.15, -0.1) is 0 Å². The van der Waals surface area contributed by atoms with Gasteiger partial charge in [-0.05, 0) is 89.9 Å². The predicted molar refractivity (Wildman–Crippen MR) is 287 cm³/mol. The van der Waals surface area contributed by atoms with Crippen molar-refractivity contribution < 1.29 is 42.9 Å². The van der Waals surface area contributed by atoms with Crippen molar-refractivity contribution in [2.24, 2.45) is 0 Å². The maximum Gasteiger partial charge on any atom is 0.306 e. The molecule has 0 radical (unpaired) electrons. The summed E-state index contributed by atoms with van der Waals surface area (Å²) in [6.45, 7) is 4.49. The van der Waals surface area contributed by atoms with Gasteiger partial charge in [0.2, 0.25) is 0 Å². The van der Waals surface area contributed by atoms with Gasteiger partial charge in [0.25, 0.3) is 0 Å². The quantitative estimate of drug-likeness (QED) is 0.0195. The van der Waals surface area contributed by atoms with E-state index in [1.54, 1.807) is 0 Å². The van der Waals surface area contributed by atoms with E-state index in [4.69, 9.17) is 18.9 Å². The van der Waals surface area contributed by atoms with Crippen LogP contribution in [0.2, 0.25) is 0 Å². The Bertz CT molecular complexity index is 1540. The van der Waals surface area contributed by atoms with E-state index in [1.807, 2.05) is 21.1 Å². The second kappa shape index (κ2) is 50.1. The fourth-order valence-electron chi connectivity index (χ4n) is 6.62. The van der Waals surface area contributed by atoms with Gasteiger partial charge in [-0.3, -0.25) is 9.59 Å². The van der Waals surface area contributed by atoms with Gasteiger partial charge >= 0.3 is 11.9 Å². The minimum absolute atomic E-state index is 0.141. The molecule has 390 valence electrons. The zero-order valence-electron chi connectivity index (χ0n) is 44.1. The Balaban J connectivity index is 4.05. The van der Waals surface area contributed by atoms with E-state index < -0.39 is 24.3 Å². The van der Waals surface area contributed by atoms with Crippen LogP contribution in [0.5, 0.6) is 0 Å². The molecule has 0 amide bonds. The maximum absolute atomic E-state index is 12.7. The number of carboxylic acids is 1. The van der Waals surface area contributed by atoms with Crippen molar-refractivity contribution in [2.45, 2.75) is 193 Å². The predicted octanol–water partition coefficient (Wildman–Crippen LogP) is 14.0. The molecule has 0 fully saturated rings. The van der Waals surface area contributed by atoms with Gasteiger partial charge in [0.05, 0.1) is 40.3 Å². The molecule has 0 aromatic carbocycles. The average molecular weight is 960 g/mol. The molecule has 0 spiro atoms. The second-order valence-corrected chi connectivity index (χ2v) is 18.4. The average Bonchev–Trinajstić information content (AvgIpc) is 3.31. The van der Waals surface area contributed by atoms with Crippen LogP contribution < -0.4 is 5.11 Å². The van der Waals surface area contributed by atoms with Crippen LogP contribution in [0.1, 0.15) is 181 Å². The molecule has 0 aliphatic rings. The first-order chi connectivity index (χ1) is 33.6. The van der Waals surface area contributed by atoms with Gasteiger partial charge in [-0.2, -0.15) is 0 Å². The number of quaternary nitrogens is 1. The number of allylic oxidation sites excluding steroid dienone is 20. The molecule has 9 nitrogen and oxygen atoms in total. The molecule has 0 N–H and O–H groups in total. The Labute approximate surface area is 421 Å². The van der Waals surface area contributed by atoms with E-state index in [-0.39, 0.29) is 38.6 Å². The molecule has 0 saturated carbocycles. The van der Waals surface area contributed by atoms with Crippen molar-refractivity contribution in [1.29, 1.82) is 0 Å². The highest BCUT2D eigenvalue weighted by Gasteiger charge is 2.21. The highest BCUT2D eigenvalue weighted by atomic mass is 16.7. The first-order valence-electron chi connectivity index (χ1n) is 26.7. The topological polar surface area (TPSA) is 111 Å². The van der Waals surface area contributed by atoms with E-state index in [0.717, 1.165) is 122 Å². The fraction of sp³-hybridized carbons (Fsp3) is 0.617. The zero-order chi connectivity index (χ0) is 50.6. The summed E-state index contributed by atoms with van der Waals surface area (Å²) < 4.78 is 22.4. The number of hydrogen-bond acceptors (Lipinski definition) is 8. The first-order valence-corrected chi connectivity index (χ1v) is 26.7. The highest BCUT2D eigenvalue weighted by Crippen LogP contribution is 2.13. The van der Waals surface area contributed by atoms with Gasteiger partial charge < -0.3 is 33.3 Å². The van der Waals surface area contributed by atoms with Crippen LogP contribution in [-0.4, -0.2) is 82.3 Å². The van der Waals surface area contributed by atoms with Crippen molar-refractivity contribution in [3.05, 3.63) is 122 Å². The summed E-state index contributed by atoms with van der Waals surface area (Å²) in [5.41, 5.74) is 0. The number of rotatable bonds is 47. The molecule has 0 aromatic rings. The summed E-state index contributed by atoms with van der Waals surface area (Å²) in [6, 6.07) is 0. The second-order valence-electron chi connectivity index (χ2n) is 18.4. The van der Waals surface area contributed by atoms with E-state index in [2.05, 4.69) is 135 Å². The molecule has 0 aromatic heterocycles. The molecule has 2 unspecified atom stereocenters. The molecular formula is C60H97NO8. The van der Waals surface area contributed by atoms with Crippen LogP contribution in [0.4, 0.5) is 0 Å². The van der Waals surface area contributed by atoms with Crippen molar-refractivity contribution in [1.82, 2.24) is 0 Å². The number of hydrogen-bond donors (Lipinski definition) is 0. The number of aliphatic carboxylic acids is 1. The minimum Gasteiger partial charge on any atom is -0.545 e. The zero-order valence-corrected chi connectivity index (χ0v) is 44.1. The number of carbonyl (C=O) groups is 3. The number of ether oxygens (including phenoxy) is 4. The maximum atomic E-state index is 12.7. The number of likely N-dealkylation sites (N-methyl/N-ethyl adjacent to an activating group) is 1. The third-order valence-electron chi connectivity index (χ3n) is 10.7. The van der Waals surface area contributed by atoms with Crippen molar-refractivity contribution >= 4 is 17.9 Å². The summed E-state index contributed by atoms with van der Waals surface area (Å²) in [6.07, 6.45) is 67.4. The van der Waals surface area contributed by atoms with Crippen LogP contribution >= 0.6 is 0 Å². The SMILES string of the molecule is CC/C=C\C/C=C\C/C=C\C/C=C\C/C=C\C/C=C\C/C=C\C/C=C\C/C=C\C/C=C\CCCCCCCCCCC(=O)OC(COC(=O)CCCCCCC)COC(OCC[N+](C)(C)C)C(=O)[O-]. The lowest BCUT2D eigenvalue weighted by atomic mass is 10.1. The van der Waals surface area contributed by atoms with E-state index >= 15 is 0 Å². The van der Waals surface area contributed by atoms with Crippen LogP contribution in [0.15, 0.2) is 122 Å². The number of esters is 2. The number of nitrogens with zero attached hydrogens (tertiary/aromatic N) is 1. The van der Waals surface area contributed by atoms with Crippen LogP contribution in [0, 0.1) is 0 Å². The standard InChI is InChI=1S/C60H97NO8/c1-6-8-10-12-13-14-15-16-17-18-19-20-21-22-23-24-25-26-27-28-29-30-31-32-33-34-35-36-37-38-39-40-41-42-43-44-45-47-49-51-58(63)69-56(54-67-57(62)50-48-46-11-9-7-2)55-68-60(59(64)65)66-53-52-61(3,4)5/h8,10,13-14,16-17,19-20,22-23,25-26,28-29,31-32,34-35,37-38,56,60H,6-7,9,11-12,15,18,21,24,27,30,33,36,39-55H2,1-5H3/b10-8-,14-13-,17-16-,20-19-,23-22-,26-25-,29-28-,32-31-,35-34-,38-37-. The van der Waals surface area contributed by atoms with Gasteiger partial charge in [-0.1, -0.05) is 200 Å². The molecule has 2 atom stereocenters. The molecular weight excluding hydrogens is 863 g/mol. The lowest BCUT2D eigenvalue weighted by Crippen LogP contribution is -2.44. The normalized spacial score (nSPS) is 13.8. The molecule has 9 heteroatoms. The van der Waals surface area contributed by atoms with Crippen LogP contribution in [0.25, 0.3) is 0 Å². The lowest BCUT2D eigenvalue weighted by molar-refractivity contribution is -0.870. The summed E-state index contributed by atoms with van der Waals surface area (Å²) in [4.78, 5) is 36.7. The highest BCUT2D eigenvalue weighted by molar-refractivity contribution is 5.70. The van der Waals surface area contributed by atoms with E-state index in [0.29, 0.717) is 17.4 Å². The lowest BCUT2D eigenvalue weighted by Gasteiger charge is -2.26. The van der Waals surface area contributed by atoms with Gasteiger partial charge in [0.1, 0.15) is 13.2 Å². The Kier molecular flexibility index (Phi) is 47.0. The molecule has 0 aliphatic carbocycles. The van der Waals surface area contributed by atoms with Crippen LogP contribution in [-0.2, 0) is 33.3 Å². The summed E-state index contributed by atoms with van der Waals surface area (Å²) >= 11 is 0. The van der Waals surface area contributed by atoms with Crippen molar-refractivity contribution in [3.63, 3.8) is 0 Å². The van der Waals surface area contributed by atoms with Gasteiger partial charge in [0, 0.05) is 12.8 Å². The summed E-state index contributed by atoms with van der Waals surface area (Å²) in [7, 11) is 5.89. The smallest absolute Gasteiger partial charge is 0.306 e. The molecule has 0 bridgehead atoms. The number of unbranched alkanes of at least 4 members (excludes halogenated alkanes) is 12. The molecule has 0 aliphatic heterocycles. The van der Waals surface area contributed by atoms with E-state index in [9.17, 15) is 19.5 Å². The minimum atomic E-state index is -1.63. The van der Waals surface area contributed by atoms with Crippen LogP contribution in [0.3, 0.4) is 0 Å². The fourth-order valence-corrected chi connectivity index (χ4v) is 6.62. The third-order valence-corrected chi connectivity index (χ3v) is 10.7. The Morgan fingerprint density at radius 3 is 1.23 bits per heavy atom. The molecule has 0 saturated heterocycles. The first kappa shape index (κ1) is 64.7. The van der Waals surface area contributed by atoms with Gasteiger partial charge in [0.15, 0.2) is 12.4 Å². The third kappa shape index (κ3) is 51.4. The Morgan fingerprint density at radius 1 is 0.449 bits per heavy atom. The largest absolute Gasteiger partial charge is 0.545 e. The molecule has 0 heterocycles. The monoisotopic (exact) mass is 960 g/mol. The summed E-state index contributed by atoms with van der Waals surface area (Å²) in [5, 5.41) is 11.7. The van der Waals surface area contributed by atoms with Crippen molar-refractivity contribution in [2.75, 3.05) is 47.5 Å². The Morgan fingerprint density at radius 2 is 0.826 bits per heavy atom. The summed E-state index contributed by atoms with van der Waals surface area (Å²) in [5.74, 6) is -2.33. The molecule has 0 rings (SSSR count). The molecule has 69 heavy (non-hydrogen) atoms. The van der Waals surface area contributed by atoms with Gasteiger partial charge in [-0.25, -0.2) is 0 Å². The van der Waals surface area contributed by atoms with Crippen molar-refractivity contribution in [3.8, 4) is 0 Å².